The summed E-state index contributed by atoms with van der Waals surface area (Å²) in [6.07, 6.45) is -12.0. The second-order valence-corrected chi connectivity index (χ2v) is 6.84. The van der Waals surface area contributed by atoms with Gasteiger partial charge in [-0.05, 0) is 48.4 Å². The fraction of sp³-hybridized carbons (Fsp3) is 0.400. The highest BCUT2D eigenvalue weighted by Crippen LogP contribution is 2.38. The first kappa shape index (κ1) is 22.5. The van der Waals surface area contributed by atoms with Gasteiger partial charge < -0.3 is 14.8 Å². The molecule has 2 aromatic rings. The van der Waals surface area contributed by atoms with Gasteiger partial charge in [0.25, 0.3) is 0 Å². The summed E-state index contributed by atoms with van der Waals surface area (Å²) in [7, 11) is 0. The molecule has 1 fully saturated rings. The summed E-state index contributed by atoms with van der Waals surface area (Å²) in [6, 6.07) is 6.20. The largest absolute Gasteiger partial charge is 0.416 e. The lowest BCUT2D eigenvalue weighted by Crippen LogP contribution is -2.43. The monoisotopic (exact) mass is 437 g/mol. The molecule has 3 rings (SSSR count). The van der Waals surface area contributed by atoms with Gasteiger partial charge in [0, 0.05) is 6.54 Å². The van der Waals surface area contributed by atoms with Crippen LogP contribution in [0.5, 0.6) is 0 Å². The number of benzene rings is 2. The molecule has 164 valence electrons. The standard InChI is InChI=1S/C20H18F7NO2/c1-11(13-8-14(19(22,23)24)10-15(9-13)20(25,26)27)30-18-17(28-6-7-29-18)12-2-4-16(21)5-3-12/h2-5,8-11,17-18,28H,6-7H2,1H3/t11-,17-,18?/m1/s1. The zero-order valence-corrected chi connectivity index (χ0v) is 15.6. The Labute approximate surface area is 167 Å². The maximum Gasteiger partial charge on any atom is 0.416 e. The number of halogens is 7. The van der Waals surface area contributed by atoms with Gasteiger partial charge in [0.1, 0.15) is 5.82 Å². The molecule has 1 aliphatic rings. The fourth-order valence-electron chi connectivity index (χ4n) is 3.14. The molecule has 30 heavy (non-hydrogen) atoms. The fourth-order valence-corrected chi connectivity index (χ4v) is 3.14. The van der Waals surface area contributed by atoms with Crippen LogP contribution in [-0.2, 0) is 21.8 Å². The zero-order chi connectivity index (χ0) is 22.1. The Morgan fingerprint density at radius 3 is 2.07 bits per heavy atom. The first-order chi connectivity index (χ1) is 13.9. The molecular weight excluding hydrogens is 419 g/mol. The van der Waals surface area contributed by atoms with Gasteiger partial charge in [-0.2, -0.15) is 26.3 Å². The lowest BCUT2D eigenvalue weighted by Gasteiger charge is -2.34. The van der Waals surface area contributed by atoms with Crippen LogP contribution in [0.15, 0.2) is 42.5 Å². The first-order valence-electron chi connectivity index (χ1n) is 9.00. The minimum Gasteiger partial charge on any atom is -0.349 e. The van der Waals surface area contributed by atoms with Crippen LogP contribution in [0.4, 0.5) is 30.7 Å². The number of rotatable bonds is 4. The summed E-state index contributed by atoms with van der Waals surface area (Å²) in [4.78, 5) is 0. The normalized spacial score (nSPS) is 21.5. The number of hydrogen-bond donors (Lipinski definition) is 1. The quantitative estimate of drug-likeness (QED) is 0.630. The molecular formula is C20H18F7NO2. The number of alkyl halides is 6. The minimum absolute atomic E-state index is 0.0657. The summed E-state index contributed by atoms with van der Waals surface area (Å²) >= 11 is 0. The van der Waals surface area contributed by atoms with Crippen molar-refractivity contribution in [2.45, 2.75) is 37.7 Å². The average molecular weight is 437 g/mol. The van der Waals surface area contributed by atoms with E-state index < -0.39 is 47.7 Å². The van der Waals surface area contributed by atoms with Crippen LogP contribution < -0.4 is 5.32 Å². The minimum atomic E-state index is -4.95. The van der Waals surface area contributed by atoms with Gasteiger partial charge in [0.15, 0.2) is 6.29 Å². The maximum absolute atomic E-state index is 13.2. The molecule has 0 aliphatic carbocycles. The van der Waals surface area contributed by atoms with E-state index >= 15 is 0 Å². The Kier molecular flexibility index (Phi) is 6.40. The summed E-state index contributed by atoms with van der Waals surface area (Å²) in [6.45, 7) is 2.01. The van der Waals surface area contributed by atoms with Crippen molar-refractivity contribution in [3.8, 4) is 0 Å². The van der Waals surface area contributed by atoms with Gasteiger partial charge in [-0.3, -0.25) is 0 Å². The van der Waals surface area contributed by atoms with Gasteiger partial charge in [-0.25, -0.2) is 4.39 Å². The molecule has 3 nitrogen and oxygen atoms in total. The Morgan fingerprint density at radius 2 is 1.53 bits per heavy atom. The van der Waals surface area contributed by atoms with E-state index in [1.807, 2.05) is 0 Å². The molecule has 2 aromatic carbocycles. The molecule has 0 radical (unpaired) electrons. The van der Waals surface area contributed by atoms with Crippen LogP contribution in [0.3, 0.4) is 0 Å². The van der Waals surface area contributed by atoms with Gasteiger partial charge >= 0.3 is 12.4 Å². The molecule has 1 unspecified atom stereocenters. The molecule has 1 N–H and O–H groups in total. The van der Waals surface area contributed by atoms with Gasteiger partial charge in [-0.15, -0.1) is 0 Å². The molecule has 1 heterocycles. The molecule has 0 saturated carbocycles. The topological polar surface area (TPSA) is 30.5 Å². The number of hydrogen-bond acceptors (Lipinski definition) is 3. The van der Waals surface area contributed by atoms with E-state index in [9.17, 15) is 30.7 Å². The Bertz CT molecular complexity index is 833. The van der Waals surface area contributed by atoms with E-state index in [0.29, 0.717) is 24.2 Å². The van der Waals surface area contributed by atoms with Crippen LogP contribution in [0.25, 0.3) is 0 Å². The molecule has 0 aromatic heterocycles. The van der Waals surface area contributed by atoms with Crippen LogP contribution in [-0.4, -0.2) is 19.4 Å². The molecule has 0 bridgehead atoms. The van der Waals surface area contributed by atoms with Crippen LogP contribution >= 0.6 is 0 Å². The van der Waals surface area contributed by atoms with Crippen molar-refractivity contribution in [2.24, 2.45) is 0 Å². The van der Waals surface area contributed by atoms with Crippen LogP contribution in [0.2, 0.25) is 0 Å². The highest BCUT2D eigenvalue weighted by Gasteiger charge is 2.38. The SMILES string of the molecule is C[C@@H](OC1OCCN[C@@H]1c1ccc(F)cc1)c1cc(C(F)(F)F)cc(C(F)(F)F)c1. The molecule has 10 heteroatoms. The van der Waals surface area contributed by atoms with Crippen LogP contribution in [0, 0.1) is 5.82 Å². The highest BCUT2D eigenvalue weighted by atomic mass is 19.4. The number of morpholine rings is 1. The molecule has 1 aliphatic heterocycles. The predicted molar refractivity (Wildman–Crippen MR) is 92.8 cm³/mol. The van der Waals surface area contributed by atoms with E-state index in [0.717, 1.165) is 0 Å². The predicted octanol–water partition coefficient (Wildman–Crippen LogP) is 5.63. The van der Waals surface area contributed by atoms with Crippen molar-refractivity contribution < 1.29 is 40.2 Å². The Hall–Kier alpha value is -2.17. The van der Waals surface area contributed by atoms with E-state index in [4.69, 9.17) is 9.47 Å². The van der Waals surface area contributed by atoms with Gasteiger partial charge in [0.2, 0.25) is 0 Å². The van der Waals surface area contributed by atoms with Gasteiger partial charge in [0.05, 0.1) is 29.9 Å². The van der Waals surface area contributed by atoms with Gasteiger partial charge in [-0.1, -0.05) is 12.1 Å². The summed E-state index contributed by atoms with van der Waals surface area (Å²) in [5, 5.41) is 3.10. The van der Waals surface area contributed by atoms with Crippen LogP contribution in [0.1, 0.15) is 41.3 Å². The summed E-state index contributed by atoms with van der Waals surface area (Å²) in [5.41, 5.74) is -2.52. The van der Waals surface area contributed by atoms with E-state index in [1.165, 1.54) is 31.2 Å². The van der Waals surface area contributed by atoms with E-state index in [2.05, 4.69) is 5.32 Å². The number of nitrogens with one attached hydrogen (secondary N) is 1. The second-order valence-electron chi connectivity index (χ2n) is 6.84. The average Bonchev–Trinajstić information content (AvgIpc) is 2.67. The zero-order valence-electron chi connectivity index (χ0n) is 15.6. The maximum atomic E-state index is 13.2. The molecule has 1 saturated heterocycles. The number of ether oxygens (including phenoxy) is 2. The van der Waals surface area contributed by atoms with E-state index in [1.54, 1.807) is 0 Å². The lowest BCUT2D eigenvalue weighted by molar-refractivity contribution is -0.200. The van der Waals surface area contributed by atoms with Crippen molar-refractivity contribution in [3.63, 3.8) is 0 Å². The van der Waals surface area contributed by atoms with Crippen molar-refractivity contribution >= 4 is 0 Å². The second kappa shape index (κ2) is 8.52. The third-order valence-corrected chi connectivity index (χ3v) is 4.67. The first-order valence-corrected chi connectivity index (χ1v) is 9.00. The Morgan fingerprint density at radius 1 is 0.967 bits per heavy atom. The molecule has 0 spiro atoms. The molecule has 3 atom stereocenters. The Balaban J connectivity index is 1.88. The van der Waals surface area contributed by atoms with E-state index in [-0.39, 0.29) is 18.2 Å². The third kappa shape index (κ3) is 5.30. The summed E-state index contributed by atoms with van der Waals surface area (Å²) < 4.78 is 103. The molecule has 0 amide bonds. The van der Waals surface area contributed by atoms with Crippen molar-refractivity contribution in [1.82, 2.24) is 5.32 Å². The van der Waals surface area contributed by atoms with Crippen molar-refractivity contribution in [3.05, 3.63) is 70.5 Å². The lowest BCUT2D eigenvalue weighted by atomic mass is 10.0. The summed E-state index contributed by atoms with van der Waals surface area (Å²) in [5.74, 6) is -0.454. The van der Waals surface area contributed by atoms with Crippen molar-refractivity contribution in [1.29, 1.82) is 0 Å². The third-order valence-electron chi connectivity index (χ3n) is 4.67. The van der Waals surface area contributed by atoms with Crippen molar-refractivity contribution in [2.75, 3.05) is 13.2 Å². The smallest absolute Gasteiger partial charge is 0.349 e. The highest BCUT2D eigenvalue weighted by molar-refractivity contribution is 5.34.